The second kappa shape index (κ2) is 7.98. The maximum Gasteiger partial charge on any atom is 0.323 e. The molecule has 1 aromatic carbocycles. The summed E-state index contributed by atoms with van der Waals surface area (Å²) in [5.74, 6) is -0.279. The highest BCUT2D eigenvalue weighted by atomic mass is 32.1. The van der Waals surface area contributed by atoms with Gasteiger partial charge in [-0.25, -0.2) is 9.18 Å². The number of benzene rings is 1. The molecule has 0 spiro atoms. The van der Waals surface area contributed by atoms with Crippen molar-refractivity contribution in [3.05, 3.63) is 40.7 Å². The molecule has 0 fully saturated rings. The second-order valence-electron chi connectivity index (χ2n) is 5.29. The molecule has 2 N–H and O–H groups in total. The van der Waals surface area contributed by atoms with Crippen molar-refractivity contribution in [2.24, 2.45) is 0 Å². The number of aliphatic hydroxyl groups excluding tert-OH is 1. The van der Waals surface area contributed by atoms with Gasteiger partial charge in [0, 0.05) is 20.0 Å². The number of rotatable bonds is 6. The lowest BCUT2D eigenvalue weighted by atomic mass is 10.2. The highest BCUT2D eigenvalue weighted by Crippen LogP contribution is 2.19. The summed E-state index contributed by atoms with van der Waals surface area (Å²) in [6, 6.07) is 5.89. The van der Waals surface area contributed by atoms with Crippen LogP contribution in [0.15, 0.2) is 24.3 Å². The van der Waals surface area contributed by atoms with Crippen LogP contribution < -0.4 is 5.32 Å². The number of hydrogen-bond acceptors (Lipinski definition) is 5. The number of halogens is 1. The topological polar surface area (TPSA) is 78.4 Å². The lowest BCUT2D eigenvalue weighted by Crippen LogP contribution is -2.33. The predicted octanol–water partition coefficient (Wildman–Crippen LogP) is 2.50. The van der Waals surface area contributed by atoms with Crippen LogP contribution in [0.25, 0.3) is 0 Å². The largest absolute Gasteiger partial charge is 0.393 e. The maximum absolute atomic E-state index is 12.9. The Kier molecular flexibility index (Phi) is 6.00. The van der Waals surface area contributed by atoms with Gasteiger partial charge in [0.2, 0.25) is 5.13 Å². The van der Waals surface area contributed by atoms with Crippen LogP contribution in [0.5, 0.6) is 0 Å². The Hall–Kier alpha value is -2.06. The van der Waals surface area contributed by atoms with Gasteiger partial charge in [0.1, 0.15) is 10.8 Å². The highest BCUT2D eigenvalue weighted by molar-refractivity contribution is 7.15. The Morgan fingerprint density at radius 3 is 2.74 bits per heavy atom. The van der Waals surface area contributed by atoms with Crippen LogP contribution in [0.1, 0.15) is 23.9 Å². The zero-order valence-electron chi connectivity index (χ0n) is 13.0. The molecule has 2 aromatic rings. The lowest BCUT2D eigenvalue weighted by Gasteiger charge is -2.17. The number of nitrogens with one attached hydrogen (secondary N) is 1. The van der Waals surface area contributed by atoms with Crippen LogP contribution >= 0.6 is 11.3 Å². The summed E-state index contributed by atoms with van der Waals surface area (Å²) in [6.45, 7) is 2.13. The SMILES string of the molecule is CC(O)CCN(C)C(=O)Nc1nnc(Cc2ccc(F)cc2)s1. The number of carbonyl (C=O) groups is 1. The fraction of sp³-hybridized carbons (Fsp3) is 0.400. The first-order chi connectivity index (χ1) is 10.9. The summed E-state index contributed by atoms with van der Waals surface area (Å²) < 4.78 is 12.9. The van der Waals surface area contributed by atoms with E-state index in [1.807, 2.05) is 0 Å². The van der Waals surface area contributed by atoms with Crippen LogP contribution in [0.2, 0.25) is 0 Å². The molecule has 0 saturated carbocycles. The van der Waals surface area contributed by atoms with Crippen molar-refractivity contribution in [1.82, 2.24) is 15.1 Å². The second-order valence-corrected chi connectivity index (χ2v) is 6.36. The number of urea groups is 1. The quantitative estimate of drug-likeness (QED) is 0.848. The fourth-order valence-electron chi connectivity index (χ4n) is 1.82. The molecule has 0 radical (unpaired) electrons. The van der Waals surface area contributed by atoms with Crippen molar-refractivity contribution in [2.45, 2.75) is 25.9 Å². The van der Waals surface area contributed by atoms with E-state index in [1.54, 1.807) is 26.1 Å². The van der Waals surface area contributed by atoms with E-state index < -0.39 is 6.10 Å². The van der Waals surface area contributed by atoms with Crippen molar-refractivity contribution < 1.29 is 14.3 Å². The van der Waals surface area contributed by atoms with Gasteiger partial charge >= 0.3 is 6.03 Å². The average Bonchev–Trinajstić information content (AvgIpc) is 2.94. The normalized spacial score (nSPS) is 12.0. The summed E-state index contributed by atoms with van der Waals surface area (Å²) >= 11 is 1.28. The summed E-state index contributed by atoms with van der Waals surface area (Å²) in [5.41, 5.74) is 0.925. The van der Waals surface area contributed by atoms with E-state index in [4.69, 9.17) is 0 Å². The minimum absolute atomic E-state index is 0.279. The number of aliphatic hydroxyl groups is 1. The Morgan fingerprint density at radius 2 is 2.09 bits per heavy atom. The van der Waals surface area contributed by atoms with Crippen molar-refractivity contribution in [3.8, 4) is 0 Å². The molecule has 23 heavy (non-hydrogen) atoms. The van der Waals surface area contributed by atoms with Crippen LogP contribution in [-0.2, 0) is 6.42 Å². The van der Waals surface area contributed by atoms with Crippen LogP contribution in [0.4, 0.5) is 14.3 Å². The smallest absolute Gasteiger partial charge is 0.323 e. The Bertz CT molecular complexity index is 645. The molecule has 1 unspecified atom stereocenters. The molecule has 0 saturated heterocycles. The zero-order valence-corrected chi connectivity index (χ0v) is 13.8. The third kappa shape index (κ3) is 5.57. The zero-order chi connectivity index (χ0) is 16.8. The summed E-state index contributed by atoms with van der Waals surface area (Å²) in [6.07, 6.45) is 0.593. The number of anilines is 1. The standard InChI is InChI=1S/C15H19FN4O2S/c1-10(21)7-8-20(2)15(22)17-14-19-18-13(23-14)9-11-3-5-12(16)6-4-11/h3-6,10,21H,7-9H2,1-2H3,(H,17,19,22). The van der Waals surface area contributed by atoms with Crippen molar-refractivity contribution in [2.75, 3.05) is 18.9 Å². The van der Waals surface area contributed by atoms with Gasteiger partial charge in [0.25, 0.3) is 0 Å². The van der Waals surface area contributed by atoms with E-state index in [0.717, 1.165) is 10.6 Å². The number of amides is 2. The molecule has 2 amide bonds. The molecule has 8 heteroatoms. The molecule has 0 bridgehead atoms. The summed E-state index contributed by atoms with van der Waals surface area (Å²) in [4.78, 5) is 13.4. The molecule has 0 aliphatic carbocycles. The number of hydrogen-bond donors (Lipinski definition) is 2. The molecule has 0 aliphatic heterocycles. The molecule has 124 valence electrons. The van der Waals surface area contributed by atoms with Crippen molar-refractivity contribution in [3.63, 3.8) is 0 Å². The third-order valence-electron chi connectivity index (χ3n) is 3.18. The minimum atomic E-state index is -0.450. The first kappa shape index (κ1) is 17.3. The highest BCUT2D eigenvalue weighted by Gasteiger charge is 2.13. The molecule has 2 rings (SSSR count). The van der Waals surface area contributed by atoms with E-state index in [1.165, 1.54) is 28.4 Å². The first-order valence-corrected chi connectivity index (χ1v) is 8.02. The average molecular weight is 338 g/mol. The van der Waals surface area contributed by atoms with Crippen molar-refractivity contribution in [1.29, 1.82) is 0 Å². The van der Waals surface area contributed by atoms with Crippen LogP contribution in [-0.4, -0.2) is 45.9 Å². The van der Waals surface area contributed by atoms with Crippen LogP contribution in [0.3, 0.4) is 0 Å². The van der Waals surface area contributed by atoms with Crippen molar-refractivity contribution >= 4 is 22.5 Å². The molecular formula is C15H19FN4O2S. The first-order valence-electron chi connectivity index (χ1n) is 7.21. The van der Waals surface area contributed by atoms with E-state index in [9.17, 15) is 14.3 Å². The Labute approximate surface area is 138 Å². The lowest BCUT2D eigenvalue weighted by molar-refractivity contribution is 0.167. The minimum Gasteiger partial charge on any atom is -0.393 e. The summed E-state index contributed by atoms with van der Waals surface area (Å²) in [5, 5.41) is 21.0. The Balaban J connectivity index is 1.89. The third-order valence-corrected chi connectivity index (χ3v) is 4.02. The number of aromatic nitrogens is 2. The summed E-state index contributed by atoms with van der Waals surface area (Å²) in [7, 11) is 1.65. The molecule has 6 nitrogen and oxygen atoms in total. The number of nitrogens with zero attached hydrogens (tertiary/aromatic N) is 3. The van der Waals surface area contributed by atoms with Gasteiger partial charge in [-0.3, -0.25) is 5.32 Å². The molecule has 0 aliphatic rings. The molecule has 1 atom stereocenters. The predicted molar refractivity (Wildman–Crippen MR) is 87.1 cm³/mol. The Morgan fingerprint density at radius 1 is 1.39 bits per heavy atom. The van der Waals surface area contributed by atoms with E-state index in [-0.39, 0.29) is 11.8 Å². The van der Waals surface area contributed by atoms with Crippen LogP contribution in [0, 0.1) is 5.82 Å². The van der Waals surface area contributed by atoms with E-state index >= 15 is 0 Å². The van der Waals surface area contributed by atoms with Gasteiger partial charge in [-0.2, -0.15) is 0 Å². The monoisotopic (exact) mass is 338 g/mol. The van der Waals surface area contributed by atoms with Gasteiger partial charge < -0.3 is 10.0 Å². The van der Waals surface area contributed by atoms with E-state index in [2.05, 4.69) is 15.5 Å². The fourth-order valence-corrected chi connectivity index (χ4v) is 2.59. The van der Waals surface area contributed by atoms with Gasteiger partial charge in [0.15, 0.2) is 0 Å². The van der Waals surface area contributed by atoms with Gasteiger partial charge in [-0.1, -0.05) is 23.5 Å². The molecular weight excluding hydrogens is 319 g/mol. The molecule has 1 aromatic heterocycles. The van der Waals surface area contributed by atoms with Gasteiger partial charge in [-0.15, -0.1) is 10.2 Å². The maximum atomic E-state index is 12.9. The molecule has 1 heterocycles. The number of carbonyl (C=O) groups excluding carboxylic acids is 1. The van der Waals surface area contributed by atoms with E-state index in [0.29, 0.717) is 24.5 Å². The van der Waals surface area contributed by atoms with Gasteiger partial charge in [0.05, 0.1) is 6.10 Å². The van der Waals surface area contributed by atoms with Gasteiger partial charge in [-0.05, 0) is 31.0 Å².